The lowest BCUT2D eigenvalue weighted by Gasteiger charge is -2.17. The Balaban J connectivity index is 1.53. The number of anilines is 1. The number of para-hydroxylation sites is 2. The highest BCUT2D eigenvalue weighted by molar-refractivity contribution is 7.99. The Morgan fingerprint density at radius 1 is 1.00 bits per heavy atom. The van der Waals surface area contributed by atoms with Gasteiger partial charge in [-0.2, -0.15) is 0 Å². The Kier molecular flexibility index (Phi) is 8.35. The summed E-state index contributed by atoms with van der Waals surface area (Å²) >= 11 is 7.54. The summed E-state index contributed by atoms with van der Waals surface area (Å²) in [6.07, 6.45) is -0.454. The highest BCUT2D eigenvalue weighted by Gasteiger charge is 2.22. The van der Waals surface area contributed by atoms with Gasteiger partial charge < -0.3 is 19.5 Å². The third-order valence-electron chi connectivity index (χ3n) is 5.19. The lowest BCUT2D eigenvalue weighted by Crippen LogP contribution is -2.16. The SMILES string of the molecule is COc1ccc(NC(=O)CSc2nnc(C(C)Oc3ccccc3Cl)n2-c2ccccc2)c(OC)c1. The zero-order valence-corrected chi connectivity index (χ0v) is 21.5. The van der Waals surface area contributed by atoms with Gasteiger partial charge in [-0.3, -0.25) is 9.36 Å². The van der Waals surface area contributed by atoms with Crippen molar-refractivity contribution in [2.75, 3.05) is 25.3 Å². The minimum Gasteiger partial charge on any atom is -0.497 e. The molecule has 0 saturated heterocycles. The summed E-state index contributed by atoms with van der Waals surface area (Å²) < 4.78 is 18.5. The van der Waals surface area contributed by atoms with Crippen LogP contribution >= 0.6 is 23.4 Å². The van der Waals surface area contributed by atoms with E-state index in [1.165, 1.54) is 18.9 Å². The molecule has 0 saturated carbocycles. The molecule has 36 heavy (non-hydrogen) atoms. The Labute approximate surface area is 218 Å². The van der Waals surface area contributed by atoms with E-state index in [9.17, 15) is 4.79 Å². The van der Waals surface area contributed by atoms with Crippen molar-refractivity contribution in [3.05, 3.63) is 83.6 Å². The zero-order chi connectivity index (χ0) is 25.5. The van der Waals surface area contributed by atoms with Crippen molar-refractivity contribution >= 4 is 35.0 Å². The first-order chi connectivity index (χ1) is 17.5. The van der Waals surface area contributed by atoms with Crippen LogP contribution in [0.2, 0.25) is 5.02 Å². The molecule has 1 N–H and O–H groups in total. The summed E-state index contributed by atoms with van der Waals surface area (Å²) in [5.74, 6) is 2.17. The largest absolute Gasteiger partial charge is 0.497 e. The van der Waals surface area contributed by atoms with Crippen molar-refractivity contribution in [3.8, 4) is 22.9 Å². The van der Waals surface area contributed by atoms with Gasteiger partial charge >= 0.3 is 0 Å². The van der Waals surface area contributed by atoms with E-state index in [0.717, 1.165) is 5.69 Å². The molecule has 4 rings (SSSR count). The van der Waals surface area contributed by atoms with Crippen LogP contribution in [0.1, 0.15) is 18.9 Å². The highest BCUT2D eigenvalue weighted by Crippen LogP contribution is 2.32. The first kappa shape index (κ1) is 25.4. The summed E-state index contributed by atoms with van der Waals surface area (Å²) in [6, 6.07) is 22.1. The molecule has 0 radical (unpaired) electrons. The molecule has 10 heteroatoms. The molecule has 0 aliphatic carbocycles. The zero-order valence-electron chi connectivity index (χ0n) is 20.0. The van der Waals surface area contributed by atoms with Gasteiger partial charge in [0.2, 0.25) is 5.91 Å². The second kappa shape index (κ2) is 11.8. The number of hydrogen-bond acceptors (Lipinski definition) is 7. The van der Waals surface area contributed by atoms with E-state index in [1.54, 1.807) is 37.4 Å². The van der Waals surface area contributed by atoms with Crippen molar-refractivity contribution in [3.63, 3.8) is 0 Å². The van der Waals surface area contributed by atoms with Crippen LogP contribution < -0.4 is 19.5 Å². The van der Waals surface area contributed by atoms with Gasteiger partial charge in [-0.25, -0.2) is 0 Å². The molecule has 0 spiro atoms. The molecule has 0 aliphatic rings. The van der Waals surface area contributed by atoms with Gasteiger partial charge in [0.15, 0.2) is 17.1 Å². The van der Waals surface area contributed by atoms with E-state index in [4.69, 9.17) is 25.8 Å². The molecule has 0 fully saturated rings. The van der Waals surface area contributed by atoms with Crippen LogP contribution in [0.5, 0.6) is 17.2 Å². The number of ether oxygens (including phenoxy) is 3. The predicted octanol–water partition coefficient (Wildman–Crippen LogP) is 5.81. The predicted molar refractivity (Wildman–Crippen MR) is 141 cm³/mol. The number of rotatable bonds is 10. The van der Waals surface area contributed by atoms with E-state index >= 15 is 0 Å². The molecule has 1 atom stereocenters. The minimum absolute atomic E-state index is 0.111. The van der Waals surface area contributed by atoms with Crippen molar-refractivity contribution in [2.45, 2.75) is 18.2 Å². The summed E-state index contributed by atoms with van der Waals surface area (Å²) in [6.45, 7) is 1.88. The number of halogens is 1. The number of benzene rings is 3. The Morgan fingerprint density at radius 2 is 1.75 bits per heavy atom. The molecular formula is C26H25ClN4O4S. The number of carbonyl (C=O) groups is 1. The average molecular weight is 525 g/mol. The first-order valence-electron chi connectivity index (χ1n) is 11.1. The number of hydrogen-bond donors (Lipinski definition) is 1. The van der Waals surface area contributed by atoms with Crippen LogP contribution in [0, 0.1) is 0 Å². The van der Waals surface area contributed by atoms with Crippen molar-refractivity contribution in [2.24, 2.45) is 0 Å². The number of nitrogens with zero attached hydrogens (tertiary/aromatic N) is 3. The maximum atomic E-state index is 12.8. The Hall–Kier alpha value is -3.69. The van der Waals surface area contributed by atoms with Crippen LogP contribution in [-0.4, -0.2) is 40.6 Å². The molecule has 186 valence electrons. The van der Waals surface area contributed by atoms with E-state index in [1.807, 2.05) is 54.0 Å². The van der Waals surface area contributed by atoms with E-state index in [2.05, 4.69) is 15.5 Å². The van der Waals surface area contributed by atoms with Crippen molar-refractivity contribution in [1.29, 1.82) is 0 Å². The standard InChI is InChI=1S/C26H25ClN4O4S/c1-17(35-22-12-8-7-11-20(22)27)25-29-30-26(31(25)18-9-5-4-6-10-18)36-16-24(32)28-21-14-13-19(33-2)15-23(21)34-3/h4-15,17H,16H2,1-3H3,(H,28,32). The quantitative estimate of drug-likeness (QED) is 0.262. The second-order valence-corrected chi connectivity index (χ2v) is 8.95. The highest BCUT2D eigenvalue weighted by atomic mass is 35.5. The maximum absolute atomic E-state index is 12.8. The molecule has 1 heterocycles. The molecule has 4 aromatic rings. The number of thioether (sulfide) groups is 1. The second-order valence-electron chi connectivity index (χ2n) is 7.61. The fourth-order valence-electron chi connectivity index (χ4n) is 3.46. The number of nitrogens with one attached hydrogen (secondary N) is 1. The number of carbonyl (C=O) groups excluding carboxylic acids is 1. The fourth-order valence-corrected chi connectivity index (χ4v) is 4.40. The molecule has 0 aliphatic heterocycles. The monoisotopic (exact) mass is 524 g/mol. The van der Waals surface area contributed by atoms with Crippen molar-refractivity contribution < 1.29 is 19.0 Å². The van der Waals surface area contributed by atoms with E-state index in [-0.39, 0.29) is 11.7 Å². The van der Waals surface area contributed by atoms with Gasteiger partial charge in [0, 0.05) is 11.8 Å². The third-order valence-corrected chi connectivity index (χ3v) is 6.43. The molecule has 1 aromatic heterocycles. The van der Waals surface area contributed by atoms with Crippen LogP contribution in [0.4, 0.5) is 5.69 Å². The number of amides is 1. The summed E-state index contributed by atoms with van der Waals surface area (Å²) in [7, 11) is 3.11. The lowest BCUT2D eigenvalue weighted by molar-refractivity contribution is -0.113. The molecule has 1 amide bonds. The summed E-state index contributed by atoms with van der Waals surface area (Å²) in [4.78, 5) is 12.8. The van der Waals surface area contributed by atoms with Crippen LogP contribution in [-0.2, 0) is 4.79 Å². The van der Waals surface area contributed by atoms with Gasteiger partial charge in [-0.1, -0.05) is 53.7 Å². The van der Waals surface area contributed by atoms with Crippen molar-refractivity contribution in [1.82, 2.24) is 14.8 Å². The maximum Gasteiger partial charge on any atom is 0.234 e. The average Bonchev–Trinajstić information content (AvgIpc) is 3.33. The normalized spacial score (nSPS) is 11.6. The summed E-state index contributed by atoms with van der Waals surface area (Å²) in [5.41, 5.74) is 1.41. The van der Waals surface area contributed by atoms with Gasteiger partial charge in [0.25, 0.3) is 0 Å². The summed E-state index contributed by atoms with van der Waals surface area (Å²) in [5, 5.41) is 12.7. The Morgan fingerprint density at radius 3 is 2.47 bits per heavy atom. The van der Waals surface area contributed by atoms with Crippen LogP contribution in [0.25, 0.3) is 5.69 Å². The van der Waals surface area contributed by atoms with Gasteiger partial charge in [-0.15, -0.1) is 10.2 Å². The number of methoxy groups -OCH3 is 2. The Bertz CT molecular complexity index is 1330. The van der Waals surface area contributed by atoms with Crippen LogP contribution in [0.3, 0.4) is 0 Å². The van der Waals surface area contributed by atoms with E-state index in [0.29, 0.717) is 38.9 Å². The molecule has 0 bridgehead atoms. The molecule has 8 nitrogen and oxygen atoms in total. The molecule has 3 aromatic carbocycles. The number of aromatic nitrogens is 3. The van der Waals surface area contributed by atoms with Gasteiger partial charge in [-0.05, 0) is 43.3 Å². The minimum atomic E-state index is -0.454. The van der Waals surface area contributed by atoms with Gasteiger partial charge in [0.05, 0.1) is 30.7 Å². The molecule has 1 unspecified atom stereocenters. The van der Waals surface area contributed by atoms with Crippen LogP contribution in [0.15, 0.2) is 78.0 Å². The smallest absolute Gasteiger partial charge is 0.234 e. The topological polar surface area (TPSA) is 87.5 Å². The lowest BCUT2D eigenvalue weighted by atomic mass is 10.2. The molecular weight excluding hydrogens is 500 g/mol. The fraction of sp³-hybridized carbons (Fsp3) is 0.192. The van der Waals surface area contributed by atoms with Gasteiger partial charge in [0.1, 0.15) is 17.2 Å². The third kappa shape index (κ3) is 5.92. The van der Waals surface area contributed by atoms with E-state index < -0.39 is 6.10 Å². The first-order valence-corrected chi connectivity index (χ1v) is 12.4.